The summed E-state index contributed by atoms with van der Waals surface area (Å²) in [5.74, 6) is -0.255. The van der Waals surface area contributed by atoms with E-state index in [0.717, 1.165) is 5.69 Å². The van der Waals surface area contributed by atoms with Gasteiger partial charge in [-0.15, -0.1) is 5.10 Å². The largest absolute Gasteiger partial charge is 0.322 e. The predicted molar refractivity (Wildman–Crippen MR) is 76.4 cm³/mol. The van der Waals surface area contributed by atoms with E-state index < -0.39 is 0 Å². The number of halogens is 1. The van der Waals surface area contributed by atoms with E-state index in [1.54, 1.807) is 36.4 Å². The molecule has 8 heteroatoms. The number of aromatic nitrogens is 5. The highest BCUT2D eigenvalue weighted by atomic mass is 35.5. The number of pyridine rings is 1. The van der Waals surface area contributed by atoms with Gasteiger partial charge in [-0.3, -0.25) is 4.79 Å². The molecular formula is C13H9ClN6O. The van der Waals surface area contributed by atoms with Crippen molar-refractivity contribution in [2.24, 2.45) is 0 Å². The van der Waals surface area contributed by atoms with Gasteiger partial charge in [-0.2, -0.15) is 0 Å². The van der Waals surface area contributed by atoms with Crippen molar-refractivity contribution in [1.29, 1.82) is 0 Å². The summed E-state index contributed by atoms with van der Waals surface area (Å²) >= 11 is 5.68. The lowest BCUT2D eigenvalue weighted by Crippen LogP contribution is -2.12. The van der Waals surface area contributed by atoms with E-state index in [1.165, 1.54) is 17.2 Å². The van der Waals surface area contributed by atoms with Gasteiger partial charge in [-0.25, -0.2) is 9.67 Å². The normalized spacial score (nSPS) is 10.3. The Balaban J connectivity index is 1.73. The van der Waals surface area contributed by atoms with Crippen molar-refractivity contribution in [3.8, 4) is 5.69 Å². The topological polar surface area (TPSA) is 85.6 Å². The van der Waals surface area contributed by atoms with Crippen LogP contribution in [0, 0.1) is 0 Å². The lowest BCUT2D eigenvalue weighted by atomic mass is 10.2. The van der Waals surface area contributed by atoms with Crippen LogP contribution in [0.4, 0.5) is 5.69 Å². The maximum Gasteiger partial charge on any atom is 0.257 e. The van der Waals surface area contributed by atoms with Crippen LogP contribution in [-0.4, -0.2) is 31.1 Å². The minimum absolute atomic E-state index is 0.255. The molecule has 1 amide bonds. The van der Waals surface area contributed by atoms with Gasteiger partial charge in [0.1, 0.15) is 11.5 Å². The van der Waals surface area contributed by atoms with E-state index in [-0.39, 0.29) is 5.91 Å². The smallest absolute Gasteiger partial charge is 0.257 e. The van der Waals surface area contributed by atoms with Gasteiger partial charge in [-0.1, -0.05) is 11.6 Å². The molecule has 21 heavy (non-hydrogen) atoms. The fraction of sp³-hybridized carbons (Fsp3) is 0. The number of nitrogens with one attached hydrogen (secondary N) is 1. The second-order valence-electron chi connectivity index (χ2n) is 4.12. The molecule has 0 saturated heterocycles. The molecule has 7 nitrogen and oxygen atoms in total. The Kier molecular flexibility index (Phi) is 3.57. The minimum atomic E-state index is -0.255. The second kappa shape index (κ2) is 5.68. The number of tetrazole rings is 1. The van der Waals surface area contributed by atoms with Crippen LogP contribution in [-0.2, 0) is 0 Å². The van der Waals surface area contributed by atoms with Crippen LogP contribution >= 0.6 is 11.6 Å². The van der Waals surface area contributed by atoms with Crippen molar-refractivity contribution < 1.29 is 4.79 Å². The molecule has 3 rings (SSSR count). The van der Waals surface area contributed by atoms with Crippen LogP contribution in [0.3, 0.4) is 0 Å². The number of carbonyl (C=O) groups is 1. The molecule has 0 saturated carbocycles. The zero-order valence-electron chi connectivity index (χ0n) is 10.6. The van der Waals surface area contributed by atoms with Gasteiger partial charge in [0, 0.05) is 11.9 Å². The predicted octanol–water partition coefficient (Wildman–Crippen LogP) is 1.96. The molecule has 0 radical (unpaired) electrons. The molecule has 0 fully saturated rings. The van der Waals surface area contributed by atoms with E-state index in [1.807, 2.05) is 0 Å². The molecule has 0 spiro atoms. The first-order chi connectivity index (χ1) is 10.2. The quantitative estimate of drug-likeness (QED) is 0.747. The number of hydrogen-bond acceptors (Lipinski definition) is 5. The maximum atomic E-state index is 12.0. The monoisotopic (exact) mass is 300 g/mol. The van der Waals surface area contributed by atoms with E-state index in [9.17, 15) is 4.79 Å². The number of rotatable bonds is 3. The third kappa shape index (κ3) is 3.03. The van der Waals surface area contributed by atoms with Gasteiger partial charge < -0.3 is 5.32 Å². The summed E-state index contributed by atoms with van der Waals surface area (Å²) in [4.78, 5) is 15.9. The number of nitrogens with zero attached hydrogens (tertiary/aromatic N) is 5. The fourth-order valence-electron chi connectivity index (χ4n) is 1.69. The van der Waals surface area contributed by atoms with Crippen LogP contribution in [0.2, 0.25) is 5.15 Å². The Labute approximate surface area is 124 Å². The molecule has 2 heterocycles. The van der Waals surface area contributed by atoms with Crippen molar-refractivity contribution in [3.05, 3.63) is 59.6 Å². The summed E-state index contributed by atoms with van der Waals surface area (Å²) in [5, 5.41) is 14.0. The number of anilines is 1. The van der Waals surface area contributed by atoms with Crippen LogP contribution in [0.5, 0.6) is 0 Å². The Morgan fingerprint density at radius 1 is 1.14 bits per heavy atom. The van der Waals surface area contributed by atoms with Crippen LogP contribution < -0.4 is 5.32 Å². The highest BCUT2D eigenvalue weighted by Crippen LogP contribution is 2.13. The van der Waals surface area contributed by atoms with Crippen molar-refractivity contribution >= 4 is 23.2 Å². The first-order valence-electron chi connectivity index (χ1n) is 5.99. The lowest BCUT2D eigenvalue weighted by molar-refractivity contribution is 0.102. The van der Waals surface area contributed by atoms with Gasteiger partial charge in [0.25, 0.3) is 5.91 Å². The number of hydrogen-bond donors (Lipinski definition) is 1. The Bertz CT molecular complexity index is 739. The molecule has 0 bridgehead atoms. The number of amides is 1. The fourth-order valence-corrected chi connectivity index (χ4v) is 1.80. The van der Waals surface area contributed by atoms with Gasteiger partial charge in [-0.05, 0) is 46.8 Å². The zero-order valence-corrected chi connectivity index (χ0v) is 11.4. The molecule has 0 aliphatic carbocycles. The average Bonchev–Trinajstić information content (AvgIpc) is 3.03. The van der Waals surface area contributed by atoms with Crippen LogP contribution in [0.1, 0.15) is 10.4 Å². The van der Waals surface area contributed by atoms with E-state index >= 15 is 0 Å². The molecule has 1 aromatic carbocycles. The van der Waals surface area contributed by atoms with Crippen molar-refractivity contribution in [3.63, 3.8) is 0 Å². The molecule has 0 aliphatic rings. The lowest BCUT2D eigenvalue weighted by Gasteiger charge is -2.06. The first kappa shape index (κ1) is 13.2. The summed E-state index contributed by atoms with van der Waals surface area (Å²) < 4.78 is 1.52. The average molecular weight is 301 g/mol. The van der Waals surface area contributed by atoms with Crippen molar-refractivity contribution in [1.82, 2.24) is 25.2 Å². The number of benzene rings is 1. The number of carbonyl (C=O) groups excluding carboxylic acids is 1. The summed E-state index contributed by atoms with van der Waals surface area (Å²) in [5.41, 5.74) is 1.89. The second-order valence-corrected chi connectivity index (χ2v) is 4.51. The Morgan fingerprint density at radius 3 is 2.57 bits per heavy atom. The molecule has 104 valence electrons. The van der Waals surface area contributed by atoms with Gasteiger partial charge >= 0.3 is 0 Å². The third-order valence-electron chi connectivity index (χ3n) is 2.73. The zero-order chi connectivity index (χ0) is 14.7. The van der Waals surface area contributed by atoms with E-state index in [0.29, 0.717) is 16.4 Å². The summed E-state index contributed by atoms with van der Waals surface area (Å²) in [6, 6.07) is 10.3. The highest BCUT2D eigenvalue weighted by Gasteiger charge is 2.07. The van der Waals surface area contributed by atoms with Crippen molar-refractivity contribution in [2.45, 2.75) is 0 Å². The molecule has 3 aromatic rings. The maximum absolute atomic E-state index is 12.0. The molecule has 0 atom stereocenters. The Hall–Kier alpha value is -2.80. The minimum Gasteiger partial charge on any atom is -0.322 e. The molecule has 0 aliphatic heterocycles. The summed E-state index contributed by atoms with van der Waals surface area (Å²) in [7, 11) is 0. The van der Waals surface area contributed by atoms with E-state index in [4.69, 9.17) is 11.6 Å². The first-order valence-corrected chi connectivity index (χ1v) is 6.36. The van der Waals surface area contributed by atoms with Gasteiger partial charge in [0.15, 0.2) is 0 Å². The molecular weight excluding hydrogens is 292 g/mol. The third-order valence-corrected chi connectivity index (χ3v) is 2.95. The van der Waals surface area contributed by atoms with Gasteiger partial charge in [0.2, 0.25) is 0 Å². The standard InChI is InChI=1S/C13H9ClN6O/c14-12-6-1-9(7-15-12)13(21)17-10-2-4-11(5-3-10)20-8-16-18-19-20/h1-8H,(H,17,21). The molecule has 1 N–H and O–H groups in total. The van der Waals surface area contributed by atoms with Crippen LogP contribution in [0.15, 0.2) is 48.9 Å². The SMILES string of the molecule is O=C(Nc1ccc(-n2cnnn2)cc1)c1ccc(Cl)nc1. The summed E-state index contributed by atoms with van der Waals surface area (Å²) in [6.07, 6.45) is 2.92. The molecule has 0 unspecified atom stereocenters. The molecule has 2 aromatic heterocycles. The van der Waals surface area contributed by atoms with Gasteiger partial charge in [0.05, 0.1) is 11.3 Å². The van der Waals surface area contributed by atoms with E-state index in [2.05, 4.69) is 25.8 Å². The Morgan fingerprint density at radius 2 is 1.95 bits per heavy atom. The van der Waals surface area contributed by atoms with Crippen molar-refractivity contribution in [2.75, 3.05) is 5.32 Å². The highest BCUT2D eigenvalue weighted by molar-refractivity contribution is 6.29. The van der Waals surface area contributed by atoms with Crippen LogP contribution in [0.25, 0.3) is 5.69 Å². The summed E-state index contributed by atoms with van der Waals surface area (Å²) in [6.45, 7) is 0.